The molecule has 2 aromatic rings. The van der Waals surface area contributed by atoms with Crippen LogP contribution in [0.15, 0.2) is 43.0 Å². The maximum Gasteiger partial charge on any atom is 0.119 e. The fourth-order valence-corrected chi connectivity index (χ4v) is 1.65. The Balaban J connectivity index is 1.79. The highest BCUT2D eigenvalue weighted by molar-refractivity contribution is 5.46. The summed E-state index contributed by atoms with van der Waals surface area (Å²) >= 11 is 0. The van der Waals surface area contributed by atoms with Gasteiger partial charge in [0.2, 0.25) is 0 Å². The molecule has 1 unspecified atom stereocenters. The number of imidazole rings is 1. The maximum atomic E-state index is 9.85. The zero-order chi connectivity index (χ0) is 12.8. The molecule has 2 N–H and O–H groups in total. The fourth-order valence-electron chi connectivity index (χ4n) is 1.65. The van der Waals surface area contributed by atoms with Crippen LogP contribution in [0.2, 0.25) is 0 Å². The van der Waals surface area contributed by atoms with Gasteiger partial charge in [-0.25, -0.2) is 4.98 Å². The molecule has 0 aliphatic carbocycles. The Kier molecular flexibility index (Phi) is 4.20. The average Bonchev–Trinajstić information content (AvgIpc) is 2.90. The zero-order valence-electron chi connectivity index (χ0n) is 10.3. The number of aliphatic hydroxyl groups excluding tert-OH is 1. The minimum atomic E-state index is -0.457. The molecule has 1 aromatic heterocycles. The highest BCUT2D eigenvalue weighted by Crippen LogP contribution is 2.14. The van der Waals surface area contributed by atoms with Gasteiger partial charge in [-0.1, -0.05) is 0 Å². The van der Waals surface area contributed by atoms with Crippen molar-refractivity contribution in [2.75, 3.05) is 19.0 Å². The Morgan fingerprint density at radius 1 is 1.39 bits per heavy atom. The molecule has 0 radical (unpaired) electrons. The number of hydrogen-bond donors (Lipinski definition) is 2. The summed E-state index contributed by atoms with van der Waals surface area (Å²) < 4.78 is 6.93. The molecule has 1 atom stereocenters. The third-order valence-electron chi connectivity index (χ3n) is 2.61. The molecule has 5 nitrogen and oxygen atoms in total. The number of ether oxygens (including phenoxy) is 1. The highest BCUT2D eigenvalue weighted by Gasteiger charge is 2.04. The quantitative estimate of drug-likeness (QED) is 0.809. The van der Waals surface area contributed by atoms with Crippen molar-refractivity contribution >= 4 is 5.69 Å². The van der Waals surface area contributed by atoms with Crippen LogP contribution in [0.5, 0.6) is 5.75 Å². The van der Waals surface area contributed by atoms with Crippen LogP contribution < -0.4 is 10.1 Å². The summed E-state index contributed by atoms with van der Waals surface area (Å²) in [6, 6.07) is 7.60. The van der Waals surface area contributed by atoms with Crippen LogP contribution in [-0.4, -0.2) is 34.4 Å². The number of nitrogens with zero attached hydrogens (tertiary/aromatic N) is 2. The summed E-state index contributed by atoms with van der Waals surface area (Å²) in [4.78, 5) is 3.93. The third kappa shape index (κ3) is 3.49. The Bertz CT molecular complexity index is 454. The van der Waals surface area contributed by atoms with Gasteiger partial charge in [-0.3, -0.25) is 0 Å². The first-order valence-electron chi connectivity index (χ1n) is 5.79. The van der Waals surface area contributed by atoms with Gasteiger partial charge in [0.15, 0.2) is 0 Å². The normalized spacial score (nSPS) is 12.1. The zero-order valence-corrected chi connectivity index (χ0v) is 10.3. The molecular weight excluding hydrogens is 230 g/mol. The molecule has 0 saturated carbocycles. The van der Waals surface area contributed by atoms with E-state index in [1.807, 2.05) is 35.0 Å². The van der Waals surface area contributed by atoms with Crippen LogP contribution >= 0.6 is 0 Å². The van der Waals surface area contributed by atoms with E-state index in [1.165, 1.54) is 0 Å². The predicted octanol–water partition coefficient (Wildman–Crippen LogP) is 1.36. The Morgan fingerprint density at radius 2 is 2.17 bits per heavy atom. The second-order valence-corrected chi connectivity index (χ2v) is 4.02. The first kappa shape index (κ1) is 12.4. The first-order chi connectivity index (χ1) is 8.78. The number of nitrogens with one attached hydrogen (secondary N) is 1. The van der Waals surface area contributed by atoms with E-state index in [0.717, 1.165) is 11.4 Å². The molecule has 0 aliphatic rings. The van der Waals surface area contributed by atoms with Gasteiger partial charge >= 0.3 is 0 Å². The van der Waals surface area contributed by atoms with Gasteiger partial charge in [-0.05, 0) is 24.3 Å². The summed E-state index contributed by atoms with van der Waals surface area (Å²) in [5, 5.41) is 13.0. The molecule has 5 heteroatoms. The number of rotatable bonds is 6. The van der Waals surface area contributed by atoms with Gasteiger partial charge in [0.05, 0.1) is 26.1 Å². The second kappa shape index (κ2) is 6.07. The topological polar surface area (TPSA) is 59.3 Å². The minimum absolute atomic E-state index is 0.457. The lowest BCUT2D eigenvalue weighted by atomic mass is 10.3. The molecule has 0 amide bonds. The van der Waals surface area contributed by atoms with E-state index >= 15 is 0 Å². The van der Waals surface area contributed by atoms with E-state index in [-0.39, 0.29) is 0 Å². The molecule has 0 saturated heterocycles. The third-order valence-corrected chi connectivity index (χ3v) is 2.61. The SMILES string of the molecule is COc1ccc(NCC(O)Cn2ccnc2)cc1. The molecule has 0 fully saturated rings. The van der Waals surface area contributed by atoms with Crippen LogP contribution in [0.3, 0.4) is 0 Å². The van der Waals surface area contributed by atoms with Gasteiger partial charge < -0.3 is 19.7 Å². The van der Waals surface area contributed by atoms with Gasteiger partial charge in [0, 0.05) is 24.6 Å². The van der Waals surface area contributed by atoms with Crippen molar-refractivity contribution < 1.29 is 9.84 Å². The monoisotopic (exact) mass is 247 g/mol. The second-order valence-electron chi connectivity index (χ2n) is 4.02. The largest absolute Gasteiger partial charge is 0.497 e. The van der Waals surface area contributed by atoms with Crippen molar-refractivity contribution in [3.05, 3.63) is 43.0 Å². The summed E-state index contributed by atoms with van der Waals surface area (Å²) in [5.41, 5.74) is 0.959. The van der Waals surface area contributed by atoms with Gasteiger partial charge in [0.25, 0.3) is 0 Å². The molecule has 0 spiro atoms. The highest BCUT2D eigenvalue weighted by atomic mass is 16.5. The van der Waals surface area contributed by atoms with Crippen molar-refractivity contribution in [2.24, 2.45) is 0 Å². The summed E-state index contributed by atoms with van der Waals surface area (Å²) in [6.45, 7) is 1.02. The molecule has 96 valence electrons. The Labute approximate surface area is 106 Å². The lowest BCUT2D eigenvalue weighted by molar-refractivity contribution is 0.166. The molecule has 0 bridgehead atoms. The standard InChI is InChI=1S/C13H17N3O2/c1-18-13-4-2-11(3-5-13)15-8-12(17)9-16-7-6-14-10-16/h2-7,10,12,15,17H,8-9H2,1H3. The number of aliphatic hydroxyl groups is 1. The van der Waals surface area contributed by atoms with Crippen molar-refractivity contribution in [1.29, 1.82) is 0 Å². The maximum absolute atomic E-state index is 9.85. The van der Waals surface area contributed by atoms with Crippen LogP contribution in [0.25, 0.3) is 0 Å². The Hall–Kier alpha value is -2.01. The predicted molar refractivity (Wildman–Crippen MR) is 69.7 cm³/mol. The number of benzene rings is 1. The average molecular weight is 247 g/mol. The number of aromatic nitrogens is 2. The molecule has 18 heavy (non-hydrogen) atoms. The van der Waals surface area contributed by atoms with Gasteiger partial charge in [0.1, 0.15) is 5.75 Å². The fraction of sp³-hybridized carbons (Fsp3) is 0.308. The van der Waals surface area contributed by atoms with Crippen molar-refractivity contribution in [3.8, 4) is 5.75 Å². The van der Waals surface area contributed by atoms with Crippen LogP contribution in [-0.2, 0) is 6.54 Å². The smallest absolute Gasteiger partial charge is 0.119 e. The summed E-state index contributed by atoms with van der Waals surface area (Å²) in [6.07, 6.45) is 4.76. The van der Waals surface area contributed by atoms with E-state index < -0.39 is 6.10 Å². The minimum Gasteiger partial charge on any atom is -0.497 e. The van der Waals surface area contributed by atoms with Gasteiger partial charge in [-0.2, -0.15) is 0 Å². The van der Waals surface area contributed by atoms with Crippen LogP contribution in [0, 0.1) is 0 Å². The van der Waals surface area contributed by atoms with E-state index in [9.17, 15) is 5.11 Å². The molecular formula is C13H17N3O2. The van der Waals surface area contributed by atoms with E-state index in [0.29, 0.717) is 13.1 Å². The van der Waals surface area contributed by atoms with Crippen LogP contribution in [0.1, 0.15) is 0 Å². The Morgan fingerprint density at radius 3 is 2.78 bits per heavy atom. The van der Waals surface area contributed by atoms with Crippen molar-refractivity contribution in [2.45, 2.75) is 12.6 Å². The molecule has 1 heterocycles. The number of anilines is 1. The lowest BCUT2D eigenvalue weighted by Crippen LogP contribution is -2.24. The van der Waals surface area contributed by atoms with E-state index in [4.69, 9.17) is 4.74 Å². The van der Waals surface area contributed by atoms with Gasteiger partial charge in [-0.15, -0.1) is 0 Å². The van der Waals surface area contributed by atoms with Crippen molar-refractivity contribution in [3.63, 3.8) is 0 Å². The number of methoxy groups -OCH3 is 1. The lowest BCUT2D eigenvalue weighted by Gasteiger charge is -2.13. The summed E-state index contributed by atoms with van der Waals surface area (Å²) in [5.74, 6) is 0.819. The van der Waals surface area contributed by atoms with E-state index in [1.54, 1.807) is 19.6 Å². The number of hydrogen-bond acceptors (Lipinski definition) is 4. The van der Waals surface area contributed by atoms with E-state index in [2.05, 4.69) is 10.3 Å². The molecule has 2 rings (SSSR count). The molecule has 0 aliphatic heterocycles. The summed E-state index contributed by atoms with van der Waals surface area (Å²) in [7, 11) is 1.64. The van der Waals surface area contributed by atoms with Crippen molar-refractivity contribution in [1.82, 2.24) is 9.55 Å². The first-order valence-corrected chi connectivity index (χ1v) is 5.79. The van der Waals surface area contributed by atoms with Crippen LogP contribution in [0.4, 0.5) is 5.69 Å². The molecule has 1 aromatic carbocycles.